The summed E-state index contributed by atoms with van der Waals surface area (Å²) < 4.78 is 0. The second kappa shape index (κ2) is 7.79. The van der Waals surface area contributed by atoms with Gasteiger partial charge in [-0.1, -0.05) is 56.3 Å². The van der Waals surface area contributed by atoms with E-state index in [1.807, 2.05) is 6.07 Å². The van der Waals surface area contributed by atoms with E-state index in [1.54, 1.807) is 0 Å². The highest BCUT2D eigenvalue weighted by Crippen LogP contribution is 2.13. The molecule has 3 heteroatoms. The summed E-state index contributed by atoms with van der Waals surface area (Å²) in [6.45, 7) is 5.17. The van der Waals surface area contributed by atoms with Gasteiger partial charge >= 0.3 is 0 Å². The van der Waals surface area contributed by atoms with Gasteiger partial charge in [0.15, 0.2) is 5.11 Å². The first-order chi connectivity index (χ1) is 10.2. The number of hydrogen-bond donors (Lipinski definition) is 2. The van der Waals surface area contributed by atoms with Gasteiger partial charge in [0.25, 0.3) is 0 Å². The zero-order valence-corrected chi connectivity index (χ0v) is 13.4. The van der Waals surface area contributed by atoms with Crippen molar-refractivity contribution in [1.82, 2.24) is 5.32 Å². The summed E-state index contributed by atoms with van der Waals surface area (Å²) in [5.41, 5.74) is 3.68. The molecular weight excluding hydrogens is 276 g/mol. The molecule has 0 bridgehead atoms. The predicted octanol–water partition coefficient (Wildman–Crippen LogP) is 4.34. The summed E-state index contributed by atoms with van der Waals surface area (Å²) >= 11 is 5.34. The molecule has 0 aliphatic carbocycles. The van der Waals surface area contributed by atoms with E-state index < -0.39 is 0 Å². The third-order valence-electron chi connectivity index (χ3n) is 3.56. The van der Waals surface area contributed by atoms with E-state index in [9.17, 15) is 0 Å². The topological polar surface area (TPSA) is 24.1 Å². The highest BCUT2D eigenvalue weighted by Gasteiger charge is 2.05. The summed E-state index contributed by atoms with van der Waals surface area (Å²) in [6, 6.07) is 18.8. The van der Waals surface area contributed by atoms with Crippen LogP contribution in [0.2, 0.25) is 0 Å². The van der Waals surface area contributed by atoms with Crippen LogP contribution < -0.4 is 10.6 Å². The second-order valence-corrected chi connectivity index (χ2v) is 5.61. The maximum Gasteiger partial charge on any atom is 0.170 e. The number of hydrogen-bond acceptors (Lipinski definition) is 1. The minimum absolute atomic E-state index is 0.424. The lowest BCUT2D eigenvalue weighted by Crippen LogP contribution is -2.31. The number of aryl methyl sites for hydroxylation is 1. The van der Waals surface area contributed by atoms with Crippen molar-refractivity contribution in [2.24, 2.45) is 0 Å². The summed E-state index contributed by atoms with van der Waals surface area (Å²) in [4.78, 5) is 0. The van der Waals surface area contributed by atoms with Crippen LogP contribution >= 0.6 is 12.2 Å². The molecule has 110 valence electrons. The van der Waals surface area contributed by atoms with Gasteiger partial charge in [0.05, 0.1) is 0 Å². The van der Waals surface area contributed by atoms with E-state index in [0.717, 1.165) is 18.7 Å². The molecule has 2 aromatic carbocycles. The fourth-order valence-corrected chi connectivity index (χ4v) is 2.35. The summed E-state index contributed by atoms with van der Waals surface area (Å²) in [7, 11) is 0. The van der Waals surface area contributed by atoms with Crippen LogP contribution in [0.25, 0.3) is 0 Å². The highest BCUT2D eigenvalue weighted by atomic mass is 32.1. The van der Waals surface area contributed by atoms with Crippen molar-refractivity contribution in [3.05, 3.63) is 65.7 Å². The van der Waals surface area contributed by atoms with E-state index in [0.29, 0.717) is 11.0 Å². The first-order valence-corrected chi connectivity index (χ1v) is 7.78. The van der Waals surface area contributed by atoms with Crippen LogP contribution in [-0.4, -0.2) is 11.7 Å². The van der Waals surface area contributed by atoms with Crippen LogP contribution in [0.4, 0.5) is 5.69 Å². The van der Waals surface area contributed by atoms with Gasteiger partial charge in [-0.2, -0.15) is 0 Å². The van der Waals surface area contributed by atoms with E-state index >= 15 is 0 Å². The summed E-state index contributed by atoms with van der Waals surface area (Å²) in [6.07, 6.45) is 1.05. The molecule has 2 rings (SSSR count). The van der Waals surface area contributed by atoms with Crippen molar-refractivity contribution in [2.45, 2.75) is 26.2 Å². The van der Waals surface area contributed by atoms with Crippen molar-refractivity contribution in [3.8, 4) is 0 Å². The Bertz CT molecular complexity index is 564. The fourth-order valence-electron chi connectivity index (χ4n) is 2.14. The number of nitrogens with one attached hydrogen (secondary N) is 2. The van der Waals surface area contributed by atoms with E-state index in [2.05, 4.69) is 73.0 Å². The Morgan fingerprint density at radius 2 is 1.71 bits per heavy atom. The van der Waals surface area contributed by atoms with Crippen molar-refractivity contribution in [1.29, 1.82) is 0 Å². The Kier molecular flexibility index (Phi) is 5.76. The molecule has 0 unspecified atom stereocenters. The van der Waals surface area contributed by atoms with Crippen LogP contribution in [0, 0.1) is 0 Å². The number of rotatable bonds is 5. The largest absolute Gasteiger partial charge is 0.362 e. The minimum atomic E-state index is 0.424. The molecule has 21 heavy (non-hydrogen) atoms. The average Bonchev–Trinajstić information content (AvgIpc) is 2.54. The Morgan fingerprint density at radius 1 is 1.05 bits per heavy atom. The zero-order chi connectivity index (χ0) is 15.1. The van der Waals surface area contributed by atoms with Gasteiger partial charge in [-0.05, 0) is 47.8 Å². The SMILES string of the molecule is CCc1ccc(NC(=S)NC[C@H](C)c2ccccc2)cc1. The number of thiocarbonyl (C=S) groups is 1. The highest BCUT2D eigenvalue weighted by molar-refractivity contribution is 7.80. The molecule has 0 radical (unpaired) electrons. The van der Waals surface area contributed by atoms with Gasteiger partial charge in [-0.25, -0.2) is 0 Å². The lowest BCUT2D eigenvalue weighted by molar-refractivity contribution is 0.723. The first kappa shape index (κ1) is 15.5. The second-order valence-electron chi connectivity index (χ2n) is 5.20. The summed E-state index contributed by atoms with van der Waals surface area (Å²) in [5, 5.41) is 7.17. The molecule has 0 saturated heterocycles. The molecule has 1 atom stereocenters. The van der Waals surface area contributed by atoms with Crippen molar-refractivity contribution < 1.29 is 0 Å². The molecular formula is C18H22N2S. The van der Waals surface area contributed by atoms with Gasteiger partial charge < -0.3 is 10.6 Å². The maximum absolute atomic E-state index is 5.34. The van der Waals surface area contributed by atoms with Crippen molar-refractivity contribution in [3.63, 3.8) is 0 Å². The molecule has 0 saturated carbocycles. The minimum Gasteiger partial charge on any atom is -0.362 e. The molecule has 0 aliphatic rings. The van der Waals surface area contributed by atoms with E-state index in [-0.39, 0.29) is 0 Å². The maximum atomic E-state index is 5.34. The van der Waals surface area contributed by atoms with Crippen LogP contribution in [0.1, 0.15) is 30.9 Å². The monoisotopic (exact) mass is 298 g/mol. The Morgan fingerprint density at radius 3 is 2.33 bits per heavy atom. The van der Waals surface area contributed by atoms with Crippen molar-refractivity contribution in [2.75, 3.05) is 11.9 Å². The van der Waals surface area contributed by atoms with Crippen LogP contribution in [0.3, 0.4) is 0 Å². The third-order valence-corrected chi connectivity index (χ3v) is 3.80. The third kappa shape index (κ3) is 4.87. The van der Waals surface area contributed by atoms with Gasteiger partial charge in [-0.3, -0.25) is 0 Å². The molecule has 0 aromatic heterocycles. The molecule has 0 aliphatic heterocycles. The molecule has 2 N–H and O–H groups in total. The van der Waals surface area contributed by atoms with Crippen molar-refractivity contribution >= 4 is 23.0 Å². The zero-order valence-electron chi connectivity index (χ0n) is 12.6. The lowest BCUT2D eigenvalue weighted by Gasteiger charge is -2.15. The van der Waals surface area contributed by atoms with E-state index in [1.165, 1.54) is 11.1 Å². The van der Waals surface area contributed by atoms with Gasteiger partial charge in [0.1, 0.15) is 0 Å². The number of anilines is 1. The fraction of sp³-hybridized carbons (Fsp3) is 0.278. The molecule has 0 fully saturated rings. The molecule has 0 heterocycles. The van der Waals surface area contributed by atoms with Gasteiger partial charge in [-0.15, -0.1) is 0 Å². The summed E-state index contributed by atoms with van der Waals surface area (Å²) in [5.74, 6) is 0.424. The van der Waals surface area contributed by atoms with Gasteiger partial charge in [0, 0.05) is 12.2 Å². The molecule has 2 nitrogen and oxygen atoms in total. The van der Waals surface area contributed by atoms with Crippen LogP contribution in [0.5, 0.6) is 0 Å². The first-order valence-electron chi connectivity index (χ1n) is 7.37. The normalized spacial score (nSPS) is 11.7. The number of benzene rings is 2. The standard InChI is InChI=1S/C18H22N2S/c1-3-15-9-11-17(12-10-15)20-18(21)19-13-14(2)16-7-5-4-6-8-16/h4-12,14H,3,13H2,1-2H3,(H2,19,20,21)/t14-/m0/s1. The van der Waals surface area contributed by atoms with Crippen LogP contribution in [0.15, 0.2) is 54.6 Å². The molecule has 0 amide bonds. The Hall–Kier alpha value is -1.87. The Labute approximate surface area is 132 Å². The molecule has 2 aromatic rings. The Balaban J connectivity index is 1.81. The smallest absolute Gasteiger partial charge is 0.170 e. The average molecular weight is 298 g/mol. The van der Waals surface area contributed by atoms with Gasteiger partial charge in [0.2, 0.25) is 0 Å². The van der Waals surface area contributed by atoms with E-state index in [4.69, 9.17) is 12.2 Å². The predicted molar refractivity (Wildman–Crippen MR) is 94.9 cm³/mol. The molecule has 0 spiro atoms. The quantitative estimate of drug-likeness (QED) is 0.803. The van der Waals surface area contributed by atoms with Crippen LogP contribution in [-0.2, 0) is 6.42 Å². The lowest BCUT2D eigenvalue weighted by atomic mass is 10.0.